The second-order valence-electron chi connectivity index (χ2n) is 7.12. The van der Waals surface area contributed by atoms with E-state index in [1.54, 1.807) is 0 Å². The Morgan fingerprint density at radius 3 is 2.65 bits per heavy atom. The maximum atomic E-state index is 6.30. The second kappa shape index (κ2) is 7.68. The molecule has 5 heteroatoms. The summed E-state index contributed by atoms with van der Waals surface area (Å²) < 4.78 is 6.30. The first kappa shape index (κ1) is 17.4. The van der Waals surface area contributed by atoms with Crippen LogP contribution in [0.2, 0.25) is 5.02 Å². The molecule has 0 radical (unpaired) electrons. The lowest BCUT2D eigenvalue weighted by atomic mass is 9.92. The van der Waals surface area contributed by atoms with Crippen LogP contribution in [-0.4, -0.2) is 22.3 Å². The Balaban J connectivity index is 1.29. The molecule has 1 aromatic heterocycles. The summed E-state index contributed by atoms with van der Waals surface area (Å²) in [4.78, 5) is 0. The van der Waals surface area contributed by atoms with Crippen molar-refractivity contribution in [1.82, 2.24) is 15.5 Å². The number of ether oxygens (including phenoxy) is 1. The number of nitrogens with zero attached hydrogens (tertiary/aromatic N) is 1. The van der Waals surface area contributed by atoms with Crippen molar-refractivity contribution in [3.63, 3.8) is 0 Å². The summed E-state index contributed by atoms with van der Waals surface area (Å²) in [6, 6.07) is 12.7. The lowest BCUT2D eigenvalue weighted by molar-refractivity contribution is 0.138. The third kappa shape index (κ3) is 3.87. The fourth-order valence-electron chi connectivity index (χ4n) is 3.70. The van der Waals surface area contributed by atoms with Crippen LogP contribution in [0.3, 0.4) is 0 Å². The Kier molecular flexibility index (Phi) is 5.14. The number of aryl methyl sites for hydroxylation is 1. The number of benzene rings is 2. The zero-order valence-corrected chi connectivity index (χ0v) is 15.7. The van der Waals surface area contributed by atoms with Crippen LogP contribution in [0, 0.1) is 6.92 Å². The minimum absolute atomic E-state index is 0.298. The molecule has 4 rings (SSSR count). The molecule has 1 heterocycles. The molecule has 0 saturated heterocycles. The summed E-state index contributed by atoms with van der Waals surface area (Å²) in [6.45, 7) is 3.00. The van der Waals surface area contributed by atoms with E-state index < -0.39 is 0 Å². The summed E-state index contributed by atoms with van der Waals surface area (Å²) >= 11 is 5.94. The SMILES string of the molecule is Cc1c(OC2CCC(NCc3ccc(Cl)cc3)CC2)ccc2[nH]ncc12. The van der Waals surface area contributed by atoms with Gasteiger partial charge in [0.2, 0.25) is 0 Å². The molecule has 0 unspecified atom stereocenters. The Morgan fingerprint density at radius 2 is 1.88 bits per heavy atom. The highest BCUT2D eigenvalue weighted by molar-refractivity contribution is 6.30. The van der Waals surface area contributed by atoms with Crippen molar-refractivity contribution in [2.45, 2.75) is 51.3 Å². The lowest BCUT2D eigenvalue weighted by Gasteiger charge is -2.30. The van der Waals surface area contributed by atoms with Crippen LogP contribution >= 0.6 is 11.6 Å². The standard InChI is InChI=1S/C21H24ClN3O/c1-14-19-13-24-25-20(19)10-11-21(14)26-18-8-6-17(7-9-18)23-12-15-2-4-16(22)5-3-15/h2-5,10-11,13,17-18,23H,6-9,12H2,1H3,(H,24,25). The van der Waals surface area contributed by atoms with Crippen LogP contribution in [0.4, 0.5) is 0 Å². The molecule has 1 aliphatic rings. The number of H-pyrrole nitrogens is 1. The van der Waals surface area contributed by atoms with Crippen molar-refractivity contribution in [3.8, 4) is 5.75 Å². The number of hydrogen-bond donors (Lipinski definition) is 2. The maximum absolute atomic E-state index is 6.30. The summed E-state index contributed by atoms with van der Waals surface area (Å²) in [6.07, 6.45) is 6.63. The van der Waals surface area contributed by atoms with Crippen molar-refractivity contribution < 1.29 is 4.74 Å². The normalized spacial score (nSPS) is 20.4. The molecule has 0 spiro atoms. The van der Waals surface area contributed by atoms with Crippen molar-refractivity contribution in [3.05, 3.63) is 58.7 Å². The van der Waals surface area contributed by atoms with E-state index in [0.29, 0.717) is 12.1 Å². The Hall–Kier alpha value is -2.04. The zero-order valence-electron chi connectivity index (χ0n) is 15.0. The van der Waals surface area contributed by atoms with Gasteiger partial charge in [-0.05, 0) is 62.4 Å². The highest BCUT2D eigenvalue weighted by atomic mass is 35.5. The number of nitrogens with one attached hydrogen (secondary N) is 2. The fraction of sp³-hybridized carbons (Fsp3) is 0.381. The molecule has 0 atom stereocenters. The zero-order chi connectivity index (χ0) is 17.9. The molecule has 1 fully saturated rings. The van der Waals surface area contributed by atoms with Gasteiger partial charge >= 0.3 is 0 Å². The molecular formula is C21H24ClN3O. The molecule has 1 saturated carbocycles. The molecule has 1 aliphatic carbocycles. The summed E-state index contributed by atoms with van der Waals surface area (Å²) in [5.74, 6) is 0.983. The van der Waals surface area contributed by atoms with Crippen LogP contribution < -0.4 is 10.1 Å². The summed E-state index contributed by atoms with van der Waals surface area (Å²) in [5, 5.41) is 12.7. The van der Waals surface area contributed by atoms with Crippen molar-refractivity contribution in [1.29, 1.82) is 0 Å². The van der Waals surface area contributed by atoms with Gasteiger partial charge in [0.1, 0.15) is 5.75 Å². The number of rotatable bonds is 5. The van der Waals surface area contributed by atoms with E-state index in [1.165, 1.54) is 11.1 Å². The molecular weight excluding hydrogens is 346 g/mol. The summed E-state index contributed by atoms with van der Waals surface area (Å²) in [7, 11) is 0. The van der Waals surface area contributed by atoms with Crippen molar-refractivity contribution in [2.75, 3.05) is 0 Å². The Morgan fingerprint density at radius 1 is 1.12 bits per heavy atom. The summed E-state index contributed by atoms with van der Waals surface area (Å²) in [5.41, 5.74) is 3.50. The van der Waals surface area contributed by atoms with E-state index in [-0.39, 0.29) is 0 Å². The topological polar surface area (TPSA) is 49.9 Å². The van der Waals surface area contributed by atoms with Gasteiger partial charge in [-0.15, -0.1) is 0 Å². The molecule has 0 amide bonds. The number of halogens is 1. The maximum Gasteiger partial charge on any atom is 0.123 e. The van der Waals surface area contributed by atoms with E-state index in [4.69, 9.17) is 16.3 Å². The molecule has 26 heavy (non-hydrogen) atoms. The van der Waals surface area contributed by atoms with Gasteiger partial charge in [-0.1, -0.05) is 23.7 Å². The van der Waals surface area contributed by atoms with Crippen LogP contribution in [-0.2, 0) is 6.54 Å². The van der Waals surface area contributed by atoms with Gasteiger partial charge in [-0.3, -0.25) is 5.10 Å². The average molecular weight is 370 g/mol. The van der Waals surface area contributed by atoms with Crippen LogP contribution in [0.15, 0.2) is 42.6 Å². The Bertz CT molecular complexity index is 867. The van der Waals surface area contributed by atoms with Gasteiger partial charge in [0.05, 0.1) is 17.8 Å². The van der Waals surface area contributed by atoms with Gasteiger partial charge in [0.15, 0.2) is 0 Å². The van der Waals surface area contributed by atoms with Crippen LogP contribution in [0.5, 0.6) is 5.75 Å². The average Bonchev–Trinajstić information content (AvgIpc) is 3.14. The fourth-order valence-corrected chi connectivity index (χ4v) is 3.82. The number of aromatic amines is 1. The third-order valence-corrected chi connectivity index (χ3v) is 5.57. The smallest absolute Gasteiger partial charge is 0.123 e. The van der Waals surface area contributed by atoms with Crippen molar-refractivity contribution in [2.24, 2.45) is 0 Å². The number of hydrogen-bond acceptors (Lipinski definition) is 3. The molecule has 136 valence electrons. The minimum atomic E-state index is 0.298. The van der Waals surface area contributed by atoms with Crippen LogP contribution in [0.1, 0.15) is 36.8 Å². The number of fused-ring (bicyclic) bond motifs is 1. The predicted molar refractivity (Wildman–Crippen MR) is 106 cm³/mol. The third-order valence-electron chi connectivity index (χ3n) is 5.32. The number of aromatic nitrogens is 2. The lowest BCUT2D eigenvalue weighted by Crippen LogP contribution is -2.36. The first-order chi connectivity index (χ1) is 12.7. The quantitative estimate of drug-likeness (QED) is 0.665. The van der Waals surface area contributed by atoms with Gasteiger partial charge in [0, 0.05) is 28.6 Å². The molecule has 0 bridgehead atoms. The first-order valence-corrected chi connectivity index (χ1v) is 9.64. The minimum Gasteiger partial charge on any atom is -0.490 e. The van der Waals surface area contributed by atoms with Crippen molar-refractivity contribution >= 4 is 22.5 Å². The van der Waals surface area contributed by atoms with E-state index in [2.05, 4.69) is 40.6 Å². The highest BCUT2D eigenvalue weighted by Gasteiger charge is 2.22. The molecule has 0 aliphatic heterocycles. The van der Waals surface area contributed by atoms with E-state index in [1.807, 2.05) is 24.4 Å². The van der Waals surface area contributed by atoms with E-state index >= 15 is 0 Å². The predicted octanol–water partition coefficient (Wildman–Crippen LogP) is 5.00. The molecule has 3 aromatic rings. The second-order valence-corrected chi connectivity index (χ2v) is 7.56. The molecule has 4 nitrogen and oxygen atoms in total. The van der Waals surface area contributed by atoms with Gasteiger partial charge in [0.25, 0.3) is 0 Å². The highest BCUT2D eigenvalue weighted by Crippen LogP contribution is 2.30. The van der Waals surface area contributed by atoms with E-state index in [0.717, 1.165) is 53.9 Å². The van der Waals surface area contributed by atoms with Gasteiger partial charge in [-0.25, -0.2) is 0 Å². The van der Waals surface area contributed by atoms with Gasteiger partial charge < -0.3 is 10.1 Å². The van der Waals surface area contributed by atoms with Crippen LogP contribution in [0.25, 0.3) is 10.9 Å². The van der Waals surface area contributed by atoms with E-state index in [9.17, 15) is 0 Å². The largest absolute Gasteiger partial charge is 0.490 e. The first-order valence-electron chi connectivity index (χ1n) is 9.26. The molecule has 2 N–H and O–H groups in total. The Labute approximate surface area is 158 Å². The van der Waals surface area contributed by atoms with Gasteiger partial charge in [-0.2, -0.15) is 5.10 Å². The monoisotopic (exact) mass is 369 g/mol. The molecule has 2 aromatic carbocycles.